The van der Waals surface area contributed by atoms with Crippen LogP contribution in [-0.4, -0.2) is 32.3 Å². The molecule has 1 N–H and O–H groups in total. The van der Waals surface area contributed by atoms with Gasteiger partial charge in [-0.1, -0.05) is 0 Å². The van der Waals surface area contributed by atoms with Gasteiger partial charge >= 0.3 is 0 Å². The van der Waals surface area contributed by atoms with Crippen molar-refractivity contribution in [2.75, 3.05) is 25.0 Å². The van der Waals surface area contributed by atoms with Crippen LogP contribution in [0.5, 0.6) is 5.75 Å². The van der Waals surface area contributed by atoms with Crippen LogP contribution in [0.3, 0.4) is 0 Å². The zero-order valence-corrected chi connectivity index (χ0v) is 10.9. The first kappa shape index (κ1) is 12.2. The molecule has 0 aliphatic carbocycles. The molecule has 1 unspecified atom stereocenters. The van der Waals surface area contributed by atoms with Gasteiger partial charge in [-0.15, -0.1) is 0 Å². The molecule has 1 aromatic carbocycles. The molecule has 0 saturated carbocycles. The number of rotatable bonds is 4. The summed E-state index contributed by atoms with van der Waals surface area (Å²) in [6, 6.07) is 8.99. The Kier molecular flexibility index (Phi) is 3.89. The van der Waals surface area contributed by atoms with Crippen molar-refractivity contribution in [3.05, 3.63) is 24.3 Å². The maximum Gasteiger partial charge on any atom is 0.119 e. The molecule has 0 spiro atoms. The number of nitrogens with one attached hydrogen (secondary N) is 1. The van der Waals surface area contributed by atoms with Crippen molar-refractivity contribution in [2.45, 2.75) is 32.4 Å². The van der Waals surface area contributed by atoms with E-state index in [1.165, 1.54) is 12.1 Å². The van der Waals surface area contributed by atoms with Crippen LogP contribution < -0.4 is 15.0 Å². The fourth-order valence-electron chi connectivity index (χ4n) is 2.21. The van der Waals surface area contributed by atoms with Crippen LogP contribution in [0.4, 0.5) is 5.69 Å². The summed E-state index contributed by atoms with van der Waals surface area (Å²) in [6.45, 7) is 6.30. The number of nitrogens with zero attached hydrogens (tertiary/aromatic N) is 1. The van der Waals surface area contributed by atoms with Gasteiger partial charge in [-0.2, -0.15) is 0 Å². The molecule has 1 saturated heterocycles. The Hall–Kier alpha value is -1.22. The number of benzene rings is 1. The monoisotopic (exact) mass is 234 g/mol. The van der Waals surface area contributed by atoms with Crippen LogP contribution >= 0.6 is 0 Å². The number of anilines is 1. The summed E-state index contributed by atoms with van der Waals surface area (Å²) < 4.78 is 5.64. The summed E-state index contributed by atoms with van der Waals surface area (Å²) in [5.41, 5.74) is 1.26. The third-order valence-corrected chi connectivity index (χ3v) is 3.20. The second-order valence-corrected chi connectivity index (χ2v) is 4.92. The lowest BCUT2D eigenvalue weighted by Crippen LogP contribution is -2.33. The summed E-state index contributed by atoms with van der Waals surface area (Å²) in [5, 5.41) is 3.39. The van der Waals surface area contributed by atoms with E-state index in [1.807, 2.05) is 26.0 Å². The molecule has 3 heteroatoms. The van der Waals surface area contributed by atoms with Crippen LogP contribution in [0.1, 0.15) is 20.3 Å². The largest absolute Gasteiger partial charge is 0.491 e. The van der Waals surface area contributed by atoms with Gasteiger partial charge in [0.1, 0.15) is 5.75 Å². The van der Waals surface area contributed by atoms with Gasteiger partial charge < -0.3 is 15.0 Å². The zero-order valence-electron chi connectivity index (χ0n) is 10.9. The number of hydrogen-bond donors (Lipinski definition) is 1. The highest BCUT2D eigenvalue weighted by molar-refractivity contribution is 5.49. The highest BCUT2D eigenvalue weighted by atomic mass is 16.5. The van der Waals surface area contributed by atoms with Crippen LogP contribution in [0.2, 0.25) is 0 Å². The third-order valence-electron chi connectivity index (χ3n) is 3.20. The van der Waals surface area contributed by atoms with Crippen molar-refractivity contribution in [1.82, 2.24) is 5.32 Å². The summed E-state index contributed by atoms with van der Waals surface area (Å²) in [6.07, 6.45) is 1.46. The van der Waals surface area contributed by atoms with Crippen LogP contribution in [0.25, 0.3) is 0 Å². The average Bonchev–Trinajstić information content (AvgIpc) is 2.82. The third kappa shape index (κ3) is 3.13. The van der Waals surface area contributed by atoms with Crippen molar-refractivity contribution < 1.29 is 4.74 Å². The van der Waals surface area contributed by atoms with Gasteiger partial charge in [0, 0.05) is 25.3 Å². The molecular formula is C14H22N2O. The second-order valence-electron chi connectivity index (χ2n) is 4.92. The SMILES string of the molecule is CC(C)Oc1ccc(N(C)C2CCNC2)cc1. The zero-order chi connectivity index (χ0) is 12.3. The molecule has 1 aliphatic rings. The first-order valence-corrected chi connectivity index (χ1v) is 6.37. The highest BCUT2D eigenvalue weighted by Crippen LogP contribution is 2.22. The predicted molar refractivity (Wildman–Crippen MR) is 71.9 cm³/mol. The Bertz CT molecular complexity index is 342. The van der Waals surface area contributed by atoms with Crippen LogP contribution in [-0.2, 0) is 0 Å². The van der Waals surface area contributed by atoms with Crippen molar-refractivity contribution in [2.24, 2.45) is 0 Å². The van der Waals surface area contributed by atoms with Crippen LogP contribution in [0, 0.1) is 0 Å². The molecule has 0 aromatic heterocycles. The molecular weight excluding hydrogens is 212 g/mol. The molecule has 1 atom stereocenters. The topological polar surface area (TPSA) is 24.5 Å². The highest BCUT2D eigenvalue weighted by Gasteiger charge is 2.19. The predicted octanol–water partition coefficient (Wildman–Crippen LogP) is 2.27. The van der Waals surface area contributed by atoms with Crippen molar-refractivity contribution >= 4 is 5.69 Å². The van der Waals surface area contributed by atoms with Gasteiger partial charge in [-0.25, -0.2) is 0 Å². The van der Waals surface area contributed by atoms with E-state index < -0.39 is 0 Å². The van der Waals surface area contributed by atoms with Crippen molar-refractivity contribution in [3.63, 3.8) is 0 Å². The van der Waals surface area contributed by atoms with Crippen molar-refractivity contribution in [3.8, 4) is 5.75 Å². The maximum atomic E-state index is 5.64. The van der Waals surface area contributed by atoms with E-state index in [1.54, 1.807) is 0 Å². The molecule has 1 fully saturated rings. The van der Waals surface area contributed by atoms with Gasteiger partial charge in [0.15, 0.2) is 0 Å². The summed E-state index contributed by atoms with van der Waals surface area (Å²) in [7, 11) is 2.16. The molecule has 17 heavy (non-hydrogen) atoms. The van der Waals surface area contributed by atoms with Gasteiger partial charge in [-0.05, 0) is 51.1 Å². The van der Waals surface area contributed by atoms with Gasteiger partial charge in [0.25, 0.3) is 0 Å². The van der Waals surface area contributed by atoms with E-state index in [0.717, 1.165) is 18.8 Å². The molecule has 3 nitrogen and oxygen atoms in total. The van der Waals surface area contributed by atoms with E-state index >= 15 is 0 Å². The number of ether oxygens (including phenoxy) is 1. The fraction of sp³-hybridized carbons (Fsp3) is 0.571. The quantitative estimate of drug-likeness (QED) is 0.865. The molecule has 1 aromatic rings. The molecule has 94 valence electrons. The molecule has 1 aliphatic heterocycles. The fourth-order valence-corrected chi connectivity index (χ4v) is 2.21. The Morgan fingerprint density at radius 2 is 2.00 bits per heavy atom. The Morgan fingerprint density at radius 3 is 2.53 bits per heavy atom. The first-order valence-electron chi connectivity index (χ1n) is 6.37. The molecule has 0 radical (unpaired) electrons. The standard InChI is InChI=1S/C14H22N2O/c1-11(2)17-14-6-4-12(5-7-14)16(3)13-8-9-15-10-13/h4-7,11,13,15H,8-10H2,1-3H3. The lowest BCUT2D eigenvalue weighted by atomic mass is 10.2. The van der Waals surface area contributed by atoms with E-state index in [-0.39, 0.29) is 6.10 Å². The van der Waals surface area contributed by atoms with Gasteiger partial charge in [0.05, 0.1) is 6.10 Å². The van der Waals surface area contributed by atoms with Crippen molar-refractivity contribution in [1.29, 1.82) is 0 Å². The summed E-state index contributed by atoms with van der Waals surface area (Å²) in [5.74, 6) is 0.946. The maximum absolute atomic E-state index is 5.64. The second kappa shape index (κ2) is 5.41. The molecule has 0 amide bonds. The Balaban J connectivity index is 2.01. The van der Waals surface area contributed by atoms with E-state index in [9.17, 15) is 0 Å². The normalized spacial score (nSPS) is 19.6. The average molecular weight is 234 g/mol. The summed E-state index contributed by atoms with van der Waals surface area (Å²) >= 11 is 0. The molecule has 1 heterocycles. The Labute approximate surface area is 104 Å². The minimum atomic E-state index is 0.234. The van der Waals surface area contributed by atoms with E-state index in [0.29, 0.717) is 6.04 Å². The minimum absolute atomic E-state index is 0.234. The van der Waals surface area contributed by atoms with Gasteiger partial charge in [0.2, 0.25) is 0 Å². The first-order chi connectivity index (χ1) is 8.16. The molecule has 0 bridgehead atoms. The summed E-state index contributed by atoms with van der Waals surface area (Å²) in [4.78, 5) is 2.35. The smallest absolute Gasteiger partial charge is 0.119 e. The van der Waals surface area contributed by atoms with Crippen LogP contribution in [0.15, 0.2) is 24.3 Å². The lowest BCUT2D eigenvalue weighted by molar-refractivity contribution is 0.242. The molecule has 2 rings (SSSR count). The number of hydrogen-bond acceptors (Lipinski definition) is 3. The minimum Gasteiger partial charge on any atom is -0.491 e. The number of likely N-dealkylation sites (N-methyl/N-ethyl adjacent to an activating group) is 1. The Morgan fingerprint density at radius 1 is 1.29 bits per heavy atom. The lowest BCUT2D eigenvalue weighted by Gasteiger charge is -2.26. The van der Waals surface area contributed by atoms with Gasteiger partial charge in [-0.3, -0.25) is 0 Å². The van der Waals surface area contributed by atoms with E-state index in [2.05, 4.69) is 29.4 Å². The van der Waals surface area contributed by atoms with E-state index in [4.69, 9.17) is 4.74 Å².